The van der Waals surface area contributed by atoms with Crippen LogP contribution in [0.2, 0.25) is 0 Å². The zero-order valence-corrected chi connectivity index (χ0v) is 10.8. The zero-order valence-electron chi connectivity index (χ0n) is 8.35. The van der Waals surface area contributed by atoms with Gasteiger partial charge in [-0.15, -0.1) is 11.8 Å². The van der Waals surface area contributed by atoms with Gasteiger partial charge in [0.05, 0.1) is 12.0 Å². The van der Waals surface area contributed by atoms with Gasteiger partial charge in [-0.25, -0.2) is 0 Å². The molecular weight excluding hydrogens is 288 g/mol. The first-order valence-electron chi connectivity index (χ1n) is 4.69. The second kappa shape index (κ2) is 5.37. The molecule has 0 bridgehead atoms. The normalized spacial score (nSPS) is 10.3. The van der Waals surface area contributed by atoms with Crippen molar-refractivity contribution < 1.29 is 9.21 Å². The number of benzene rings is 1. The first-order valence-corrected chi connectivity index (χ1v) is 6.47. The molecule has 0 aliphatic rings. The fourth-order valence-corrected chi connectivity index (χ4v) is 2.81. The number of halogens is 1. The van der Waals surface area contributed by atoms with Crippen molar-refractivity contribution in [3.05, 3.63) is 52.4 Å². The molecule has 0 amide bonds. The molecule has 0 spiro atoms. The highest BCUT2D eigenvalue weighted by atomic mass is 79.9. The van der Waals surface area contributed by atoms with Gasteiger partial charge in [0, 0.05) is 14.9 Å². The highest BCUT2D eigenvalue weighted by molar-refractivity contribution is 9.10. The van der Waals surface area contributed by atoms with E-state index in [9.17, 15) is 4.79 Å². The smallest absolute Gasteiger partial charge is 0.150 e. The van der Waals surface area contributed by atoms with Gasteiger partial charge >= 0.3 is 0 Å². The van der Waals surface area contributed by atoms with Crippen molar-refractivity contribution >= 4 is 34.0 Å². The van der Waals surface area contributed by atoms with Gasteiger partial charge in [0.1, 0.15) is 12.0 Å². The topological polar surface area (TPSA) is 30.2 Å². The van der Waals surface area contributed by atoms with Gasteiger partial charge < -0.3 is 4.42 Å². The molecule has 0 unspecified atom stereocenters. The Hall–Kier alpha value is -1.00. The number of thioether (sulfide) groups is 1. The average molecular weight is 297 g/mol. The van der Waals surface area contributed by atoms with Crippen LogP contribution in [0.5, 0.6) is 0 Å². The molecular formula is C12H9BrO2S. The molecule has 0 saturated heterocycles. The van der Waals surface area contributed by atoms with Crippen LogP contribution in [0, 0.1) is 0 Å². The van der Waals surface area contributed by atoms with Gasteiger partial charge in [-0.1, -0.05) is 6.07 Å². The molecule has 2 nitrogen and oxygen atoms in total. The van der Waals surface area contributed by atoms with Crippen LogP contribution >= 0.6 is 27.7 Å². The van der Waals surface area contributed by atoms with Gasteiger partial charge in [0.15, 0.2) is 0 Å². The Balaban J connectivity index is 2.07. The summed E-state index contributed by atoms with van der Waals surface area (Å²) >= 11 is 5.11. The summed E-state index contributed by atoms with van der Waals surface area (Å²) in [6.45, 7) is 0. The lowest BCUT2D eigenvalue weighted by atomic mass is 10.2. The first kappa shape index (κ1) is 11.5. The van der Waals surface area contributed by atoms with Crippen molar-refractivity contribution in [1.29, 1.82) is 0 Å². The highest BCUT2D eigenvalue weighted by Crippen LogP contribution is 2.30. The van der Waals surface area contributed by atoms with Crippen molar-refractivity contribution in [2.24, 2.45) is 0 Å². The van der Waals surface area contributed by atoms with Crippen LogP contribution in [0.25, 0.3) is 0 Å². The SMILES string of the molecule is O=Cc1ccc(SCc2ccco2)c(Br)c1. The monoisotopic (exact) mass is 296 g/mol. The molecule has 16 heavy (non-hydrogen) atoms. The molecule has 0 fully saturated rings. The maximum absolute atomic E-state index is 10.6. The quantitative estimate of drug-likeness (QED) is 0.627. The van der Waals surface area contributed by atoms with Gasteiger partial charge in [-0.05, 0) is 40.2 Å². The number of hydrogen-bond donors (Lipinski definition) is 0. The predicted molar refractivity (Wildman–Crippen MR) is 67.8 cm³/mol. The molecule has 1 heterocycles. The third-order valence-electron chi connectivity index (χ3n) is 2.04. The van der Waals surface area contributed by atoms with E-state index in [-0.39, 0.29) is 0 Å². The standard InChI is InChI=1S/C12H9BrO2S/c13-11-6-9(7-14)3-4-12(11)16-8-10-2-1-5-15-10/h1-7H,8H2. The Morgan fingerprint density at radius 3 is 2.88 bits per heavy atom. The second-order valence-electron chi connectivity index (χ2n) is 3.18. The number of rotatable bonds is 4. The molecule has 2 aromatic rings. The summed E-state index contributed by atoms with van der Waals surface area (Å²) in [4.78, 5) is 11.7. The van der Waals surface area contributed by atoms with Crippen LogP contribution in [0.4, 0.5) is 0 Å². The lowest BCUT2D eigenvalue weighted by molar-refractivity contribution is 0.112. The number of aldehydes is 1. The molecule has 0 saturated carbocycles. The maximum atomic E-state index is 10.6. The zero-order chi connectivity index (χ0) is 11.4. The van der Waals surface area contributed by atoms with Crippen LogP contribution in [0.15, 0.2) is 50.4 Å². The van der Waals surface area contributed by atoms with E-state index in [2.05, 4.69) is 15.9 Å². The lowest BCUT2D eigenvalue weighted by Crippen LogP contribution is -1.82. The number of carbonyl (C=O) groups excluding carboxylic acids is 1. The van der Waals surface area contributed by atoms with E-state index >= 15 is 0 Å². The van der Waals surface area contributed by atoms with Gasteiger partial charge in [-0.3, -0.25) is 4.79 Å². The van der Waals surface area contributed by atoms with Crippen LogP contribution in [-0.2, 0) is 5.75 Å². The maximum Gasteiger partial charge on any atom is 0.150 e. The third-order valence-corrected chi connectivity index (χ3v) is 4.06. The summed E-state index contributed by atoms with van der Waals surface area (Å²) in [5, 5.41) is 0. The van der Waals surface area contributed by atoms with Crippen molar-refractivity contribution in [2.45, 2.75) is 10.6 Å². The van der Waals surface area contributed by atoms with Crippen LogP contribution < -0.4 is 0 Å². The lowest BCUT2D eigenvalue weighted by Gasteiger charge is -2.03. The van der Waals surface area contributed by atoms with Gasteiger partial charge in [0.2, 0.25) is 0 Å². The number of furan rings is 1. The fraction of sp³-hybridized carbons (Fsp3) is 0.0833. The van der Waals surface area contributed by atoms with Crippen LogP contribution in [-0.4, -0.2) is 6.29 Å². The summed E-state index contributed by atoms with van der Waals surface area (Å²) in [6.07, 6.45) is 2.51. The fourth-order valence-electron chi connectivity index (χ4n) is 1.25. The van der Waals surface area contributed by atoms with Crippen LogP contribution in [0.3, 0.4) is 0 Å². The van der Waals surface area contributed by atoms with E-state index in [0.29, 0.717) is 5.56 Å². The summed E-state index contributed by atoms with van der Waals surface area (Å²) in [5.41, 5.74) is 0.675. The molecule has 4 heteroatoms. The molecule has 2 rings (SSSR count). The molecule has 0 aliphatic heterocycles. The number of carbonyl (C=O) groups is 1. The molecule has 0 aliphatic carbocycles. The summed E-state index contributed by atoms with van der Waals surface area (Å²) in [6, 6.07) is 9.38. The van der Waals surface area contributed by atoms with Crippen molar-refractivity contribution in [1.82, 2.24) is 0 Å². The minimum atomic E-state index is 0.675. The highest BCUT2D eigenvalue weighted by Gasteiger charge is 2.03. The first-order chi connectivity index (χ1) is 7.79. The van der Waals surface area contributed by atoms with E-state index in [1.165, 1.54) is 0 Å². The summed E-state index contributed by atoms with van der Waals surface area (Å²) in [7, 11) is 0. The van der Waals surface area contributed by atoms with E-state index in [0.717, 1.165) is 27.2 Å². The summed E-state index contributed by atoms with van der Waals surface area (Å²) < 4.78 is 6.19. The molecule has 82 valence electrons. The largest absolute Gasteiger partial charge is 0.468 e. The third kappa shape index (κ3) is 2.77. The van der Waals surface area contributed by atoms with E-state index in [4.69, 9.17) is 4.42 Å². The van der Waals surface area contributed by atoms with Gasteiger partial charge in [-0.2, -0.15) is 0 Å². The van der Waals surface area contributed by atoms with E-state index in [1.54, 1.807) is 18.0 Å². The number of hydrogen-bond acceptors (Lipinski definition) is 3. The van der Waals surface area contributed by atoms with Crippen molar-refractivity contribution in [3.8, 4) is 0 Å². The Morgan fingerprint density at radius 1 is 1.38 bits per heavy atom. The molecule has 0 atom stereocenters. The summed E-state index contributed by atoms with van der Waals surface area (Å²) in [5.74, 6) is 1.72. The van der Waals surface area contributed by atoms with Crippen molar-refractivity contribution in [3.63, 3.8) is 0 Å². The average Bonchev–Trinajstić information content (AvgIpc) is 2.80. The Bertz CT molecular complexity index is 480. The minimum Gasteiger partial charge on any atom is -0.468 e. The van der Waals surface area contributed by atoms with Crippen LogP contribution in [0.1, 0.15) is 16.1 Å². The minimum absolute atomic E-state index is 0.675. The van der Waals surface area contributed by atoms with Gasteiger partial charge in [0.25, 0.3) is 0 Å². The van der Waals surface area contributed by atoms with E-state index < -0.39 is 0 Å². The Kier molecular flexibility index (Phi) is 3.85. The Labute approximate surface area is 106 Å². The molecule has 0 N–H and O–H groups in total. The second-order valence-corrected chi connectivity index (χ2v) is 5.05. The molecule has 1 aromatic carbocycles. The Morgan fingerprint density at radius 2 is 2.25 bits per heavy atom. The van der Waals surface area contributed by atoms with E-state index in [1.807, 2.05) is 30.3 Å². The predicted octanol–water partition coefficient (Wildman–Crippen LogP) is 4.15. The van der Waals surface area contributed by atoms with Crippen molar-refractivity contribution in [2.75, 3.05) is 0 Å². The molecule has 1 aromatic heterocycles. The molecule has 0 radical (unpaired) electrons.